The molecule has 0 bridgehead atoms. The molecule has 0 saturated heterocycles. The molecule has 0 radical (unpaired) electrons. The molecule has 31 heavy (non-hydrogen) atoms. The zero-order valence-electron chi connectivity index (χ0n) is 18.5. The Bertz CT molecular complexity index is 1300. The van der Waals surface area contributed by atoms with Crippen molar-refractivity contribution < 1.29 is 24.8 Å². The summed E-state index contributed by atoms with van der Waals surface area (Å²) in [7, 11) is 0. The Morgan fingerprint density at radius 1 is 0.903 bits per heavy atom. The molecule has 3 aromatic rings. The van der Waals surface area contributed by atoms with Crippen molar-refractivity contribution >= 4 is 21.9 Å². The largest absolute Gasteiger partial charge is 0.507 e. The summed E-state index contributed by atoms with van der Waals surface area (Å²) >= 11 is 0. The monoisotopic (exact) mass is 424 g/mol. The second-order valence-electron chi connectivity index (χ2n) is 8.29. The highest BCUT2D eigenvalue weighted by molar-refractivity contribution is 5.98. The van der Waals surface area contributed by atoms with Gasteiger partial charge in [0, 0.05) is 28.3 Å². The number of benzene rings is 2. The fraction of sp³-hybridized carbons (Fsp3) is 0.320. The van der Waals surface area contributed by atoms with E-state index in [4.69, 9.17) is 4.42 Å². The quantitative estimate of drug-likeness (QED) is 0.343. The first-order valence-electron chi connectivity index (χ1n) is 10.1. The molecule has 6 nitrogen and oxygen atoms in total. The fourth-order valence-electron chi connectivity index (χ4n) is 3.72. The lowest BCUT2D eigenvalue weighted by Crippen LogP contribution is -2.09. The molecule has 0 aliphatic carbocycles. The number of aliphatic hydroxyl groups is 1. The highest BCUT2D eigenvalue weighted by Gasteiger charge is 2.24. The van der Waals surface area contributed by atoms with Crippen LogP contribution in [0.2, 0.25) is 0 Å². The number of hydrogen-bond acceptors (Lipinski definition) is 6. The van der Waals surface area contributed by atoms with E-state index in [1.54, 1.807) is 6.92 Å². The zero-order chi connectivity index (χ0) is 23.0. The maximum Gasteiger partial charge on any atom is 0.204 e. The van der Waals surface area contributed by atoms with Crippen LogP contribution in [0.15, 0.2) is 38.6 Å². The van der Waals surface area contributed by atoms with Crippen LogP contribution in [0.3, 0.4) is 0 Å². The van der Waals surface area contributed by atoms with Gasteiger partial charge in [-0.15, -0.1) is 0 Å². The number of aryl methyl sites for hydroxylation is 1. The summed E-state index contributed by atoms with van der Waals surface area (Å²) in [5.41, 5.74) is 3.05. The van der Waals surface area contributed by atoms with Crippen LogP contribution in [0.4, 0.5) is 0 Å². The molecule has 1 heterocycles. The van der Waals surface area contributed by atoms with Crippen LogP contribution in [0.25, 0.3) is 21.9 Å². The van der Waals surface area contributed by atoms with Crippen molar-refractivity contribution in [1.82, 2.24) is 0 Å². The molecule has 0 saturated carbocycles. The lowest BCUT2D eigenvalue weighted by molar-refractivity contribution is 0.274. The number of hydrogen-bond donors (Lipinski definition) is 4. The van der Waals surface area contributed by atoms with Gasteiger partial charge in [0.15, 0.2) is 0 Å². The van der Waals surface area contributed by atoms with Gasteiger partial charge in [-0.2, -0.15) is 0 Å². The lowest BCUT2D eigenvalue weighted by atomic mass is 9.94. The third-order valence-corrected chi connectivity index (χ3v) is 5.49. The summed E-state index contributed by atoms with van der Waals surface area (Å²) in [6.07, 6.45) is 4.22. The summed E-state index contributed by atoms with van der Waals surface area (Å²) < 4.78 is 5.97. The first-order valence-corrected chi connectivity index (χ1v) is 10.1. The minimum absolute atomic E-state index is 0.0410. The van der Waals surface area contributed by atoms with Gasteiger partial charge in [-0.25, -0.2) is 0 Å². The number of phenolic OH excluding ortho intramolecular Hbond substituents is 2. The van der Waals surface area contributed by atoms with Gasteiger partial charge in [-0.1, -0.05) is 23.3 Å². The van der Waals surface area contributed by atoms with Crippen LogP contribution >= 0.6 is 0 Å². The van der Waals surface area contributed by atoms with Crippen LogP contribution in [0.1, 0.15) is 49.9 Å². The van der Waals surface area contributed by atoms with Crippen molar-refractivity contribution in [3.63, 3.8) is 0 Å². The van der Waals surface area contributed by atoms with Gasteiger partial charge in [-0.3, -0.25) is 4.79 Å². The number of rotatable bonds is 5. The topological polar surface area (TPSA) is 111 Å². The standard InChI is InChI=1S/C25H28O6/c1-12(2)6-8-15-18(27)10-19-21(23(15)29)24(30)20-16(9-7-13(3)4)22(28)17(11-26)14(5)25(20)31-19/h6-7,10,26-29H,8-9,11H2,1-5H3. The van der Waals surface area contributed by atoms with E-state index in [9.17, 15) is 25.2 Å². The van der Waals surface area contributed by atoms with E-state index >= 15 is 0 Å². The Hall–Kier alpha value is -3.25. The van der Waals surface area contributed by atoms with Crippen molar-refractivity contribution in [2.24, 2.45) is 0 Å². The molecule has 0 aliphatic rings. The molecular formula is C25H28O6. The van der Waals surface area contributed by atoms with Crippen LogP contribution in [0.5, 0.6) is 17.2 Å². The Morgan fingerprint density at radius 2 is 1.48 bits per heavy atom. The van der Waals surface area contributed by atoms with Crippen LogP contribution in [-0.4, -0.2) is 20.4 Å². The summed E-state index contributed by atoms with van der Waals surface area (Å²) in [5.74, 6) is -0.659. The zero-order valence-corrected chi connectivity index (χ0v) is 18.5. The average Bonchev–Trinajstić information content (AvgIpc) is 2.68. The second-order valence-corrected chi connectivity index (χ2v) is 8.29. The highest BCUT2D eigenvalue weighted by Crippen LogP contribution is 2.40. The Morgan fingerprint density at radius 3 is 2.03 bits per heavy atom. The summed E-state index contributed by atoms with van der Waals surface area (Å²) in [4.78, 5) is 13.6. The van der Waals surface area contributed by atoms with Gasteiger partial charge in [0.05, 0.1) is 12.0 Å². The van der Waals surface area contributed by atoms with E-state index in [-0.39, 0.29) is 63.2 Å². The van der Waals surface area contributed by atoms with Crippen molar-refractivity contribution in [3.8, 4) is 17.2 Å². The molecule has 2 aromatic carbocycles. The molecule has 0 spiro atoms. The molecule has 6 heteroatoms. The molecule has 164 valence electrons. The molecule has 0 unspecified atom stereocenters. The third kappa shape index (κ3) is 3.91. The minimum Gasteiger partial charge on any atom is -0.507 e. The van der Waals surface area contributed by atoms with Gasteiger partial charge >= 0.3 is 0 Å². The molecular weight excluding hydrogens is 396 g/mol. The molecule has 3 rings (SSSR count). The van der Waals surface area contributed by atoms with Crippen LogP contribution in [0, 0.1) is 6.92 Å². The van der Waals surface area contributed by atoms with Gasteiger partial charge in [-0.05, 0) is 47.5 Å². The third-order valence-electron chi connectivity index (χ3n) is 5.49. The molecule has 0 amide bonds. The molecule has 1 aromatic heterocycles. The predicted molar refractivity (Wildman–Crippen MR) is 122 cm³/mol. The minimum atomic E-state index is -0.493. The lowest BCUT2D eigenvalue weighted by Gasteiger charge is -2.16. The molecule has 0 atom stereocenters. The first-order chi connectivity index (χ1) is 14.6. The van der Waals surface area contributed by atoms with E-state index in [0.717, 1.165) is 11.1 Å². The van der Waals surface area contributed by atoms with E-state index in [1.165, 1.54) is 6.07 Å². The van der Waals surface area contributed by atoms with Gasteiger partial charge in [0.1, 0.15) is 33.8 Å². The Labute approximate surface area is 180 Å². The maximum atomic E-state index is 13.6. The molecule has 4 N–H and O–H groups in total. The van der Waals surface area contributed by atoms with Crippen molar-refractivity contribution in [3.05, 3.63) is 61.8 Å². The van der Waals surface area contributed by atoms with E-state index in [0.29, 0.717) is 11.1 Å². The summed E-state index contributed by atoms with van der Waals surface area (Å²) in [5, 5.41) is 42.0. The number of aliphatic hydroxyl groups excluding tert-OH is 1. The number of fused-ring (bicyclic) bond motifs is 2. The van der Waals surface area contributed by atoms with Crippen molar-refractivity contribution in [1.29, 1.82) is 0 Å². The smallest absolute Gasteiger partial charge is 0.204 e. The number of allylic oxidation sites excluding steroid dienone is 4. The van der Waals surface area contributed by atoms with E-state index in [2.05, 4.69) is 0 Å². The van der Waals surface area contributed by atoms with Crippen molar-refractivity contribution in [2.45, 2.75) is 54.1 Å². The first kappa shape index (κ1) is 22.4. The number of phenols is 3. The number of aromatic hydroxyl groups is 3. The van der Waals surface area contributed by atoms with Crippen LogP contribution < -0.4 is 5.43 Å². The highest BCUT2D eigenvalue weighted by atomic mass is 16.3. The normalized spacial score (nSPS) is 11.2. The molecule has 0 fully saturated rings. The Kier molecular flexibility index (Phi) is 6.13. The van der Waals surface area contributed by atoms with Gasteiger partial charge < -0.3 is 24.8 Å². The Balaban J connectivity index is 2.51. The molecule has 0 aliphatic heterocycles. The van der Waals surface area contributed by atoms with Gasteiger partial charge in [0.25, 0.3) is 0 Å². The van der Waals surface area contributed by atoms with E-state index in [1.807, 2.05) is 39.8 Å². The average molecular weight is 424 g/mol. The maximum absolute atomic E-state index is 13.6. The fourth-order valence-corrected chi connectivity index (χ4v) is 3.72. The van der Waals surface area contributed by atoms with Crippen molar-refractivity contribution in [2.75, 3.05) is 0 Å². The van der Waals surface area contributed by atoms with Gasteiger partial charge in [0.2, 0.25) is 5.43 Å². The predicted octanol–water partition coefficient (Wildman–Crippen LogP) is 4.88. The summed E-state index contributed by atoms with van der Waals surface area (Å²) in [6, 6.07) is 1.32. The van der Waals surface area contributed by atoms with E-state index < -0.39 is 12.0 Å². The SMILES string of the molecule is CC(C)=CCc1c(O)cc2oc3c(C)c(CO)c(O)c(CC=C(C)C)c3c(=O)c2c1O. The van der Waals surface area contributed by atoms with Crippen LogP contribution in [-0.2, 0) is 19.4 Å². The summed E-state index contributed by atoms with van der Waals surface area (Å²) in [6.45, 7) is 8.84. The second kappa shape index (κ2) is 8.47.